The van der Waals surface area contributed by atoms with E-state index in [1.807, 2.05) is 30.3 Å². The minimum absolute atomic E-state index is 0.713. The third-order valence-electron chi connectivity index (χ3n) is 5.60. The summed E-state index contributed by atoms with van der Waals surface area (Å²) in [4.78, 5) is 0. The first-order chi connectivity index (χ1) is 12.3. The molecule has 128 valence electrons. The zero-order chi connectivity index (χ0) is 17.5. The van der Waals surface area contributed by atoms with Crippen molar-refractivity contribution in [3.05, 3.63) is 72.3 Å². The Morgan fingerprint density at radius 1 is 0.920 bits per heavy atom. The van der Waals surface area contributed by atoms with Crippen LogP contribution in [0.2, 0.25) is 0 Å². The van der Waals surface area contributed by atoms with Crippen LogP contribution < -0.4 is 0 Å². The number of benzene rings is 2. The molecule has 0 saturated heterocycles. The normalized spacial score (nSPS) is 20.0. The Morgan fingerprint density at radius 2 is 1.52 bits per heavy atom. The van der Waals surface area contributed by atoms with Crippen LogP contribution in [0, 0.1) is 17.2 Å². The van der Waals surface area contributed by atoms with E-state index in [9.17, 15) is 0 Å². The molecule has 0 radical (unpaired) electrons. The van der Waals surface area contributed by atoms with Gasteiger partial charge in [0.1, 0.15) is 0 Å². The van der Waals surface area contributed by atoms with Crippen molar-refractivity contribution in [2.75, 3.05) is 0 Å². The number of nitrogens with zero attached hydrogens (tertiary/aromatic N) is 1. The van der Waals surface area contributed by atoms with Gasteiger partial charge in [0, 0.05) is 0 Å². The second kappa shape index (κ2) is 8.67. The Hall–Kier alpha value is -2.33. The molecule has 0 amide bonds. The van der Waals surface area contributed by atoms with Gasteiger partial charge in [-0.3, -0.25) is 0 Å². The summed E-state index contributed by atoms with van der Waals surface area (Å²) in [6.07, 6.45) is 11.3. The molecule has 2 aromatic rings. The van der Waals surface area contributed by atoms with E-state index in [4.69, 9.17) is 5.26 Å². The lowest BCUT2D eigenvalue weighted by atomic mass is 9.77. The van der Waals surface area contributed by atoms with Gasteiger partial charge in [-0.25, -0.2) is 0 Å². The van der Waals surface area contributed by atoms with Gasteiger partial charge >= 0.3 is 0 Å². The van der Waals surface area contributed by atoms with E-state index >= 15 is 0 Å². The first-order valence-electron chi connectivity index (χ1n) is 9.51. The van der Waals surface area contributed by atoms with Gasteiger partial charge in [0.15, 0.2) is 0 Å². The minimum Gasteiger partial charge on any atom is -0.192 e. The zero-order valence-corrected chi connectivity index (χ0v) is 15.0. The maximum Gasteiger partial charge on any atom is 0.0991 e. The van der Waals surface area contributed by atoms with E-state index in [1.54, 1.807) is 0 Å². The Kier molecular flexibility index (Phi) is 6.07. The molecular formula is C24H27N. The summed E-state index contributed by atoms with van der Waals surface area (Å²) in [5.41, 5.74) is 4.61. The van der Waals surface area contributed by atoms with Crippen molar-refractivity contribution in [2.24, 2.45) is 5.92 Å². The number of allylic oxidation sites excluding steroid dienone is 1. The summed E-state index contributed by atoms with van der Waals surface area (Å²) < 4.78 is 0. The second-order valence-corrected chi connectivity index (χ2v) is 7.25. The molecule has 25 heavy (non-hydrogen) atoms. The molecule has 1 nitrogen and oxygen atoms in total. The standard InChI is InChI=1S/C24H27N/c1-2-3-4-5-19-6-10-21(11-7-19)23-14-16-24(17-15-23)22-12-8-20(18-25)9-13-22/h2,8-9,12-17,19,21H,1,3-7,10-11H2/t19-,21-. The van der Waals surface area contributed by atoms with Gasteiger partial charge in [0.2, 0.25) is 0 Å². The molecule has 0 N–H and O–H groups in total. The van der Waals surface area contributed by atoms with E-state index in [-0.39, 0.29) is 0 Å². The summed E-state index contributed by atoms with van der Waals surface area (Å²) in [5, 5.41) is 8.90. The fraction of sp³-hybridized carbons (Fsp3) is 0.375. The van der Waals surface area contributed by atoms with E-state index in [1.165, 1.54) is 55.2 Å². The lowest BCUT2D eigenvalue weighted by Gasteiger charge is -2.29. The first kappa shape index (κ1) is 17.5. The maximum atomic E-state index is 8.90. The Labute approximate surface area is 152 Å². The molecule has 0 atom stereocenters. The van der Waals surface area contributed by atoms with Gasteiger partial charge in [0.25, 0.3) is 0 Å². The minimum atomic E-state index is 0.713. The summed E-state index contributed by atoms with van der Waals surface area (Å²) in [6, 6.07) is 19.1. The predicted octanol–water partition coefficient (Wildman–Crippen LogP) is 6.86. The second-order valence-electron chi connectivity index (χ2n) is 7.25. The molecule has 0 unspecified atom stereocenters. The van der Waals surface area contributed by atoms with Gasteiger partial charge in [-0.2, -0.15) is 5.26 Å². The quantitative estimate of drug-likeness (QED) is 0.419. The van der Waals surface area contributed by atoms with Crippen LogP contribution in [0.4, 0.5) is 0 Å². The Morgan fingerprint density at radius 3 is 2.08 bits per heavy atom. The number of nitriles is 1. The van der Waals surface area contributed by atoms with Crippen LogP contribution in [0.25, 0.3) is 11.1 Å². The number of hydrogen-bond acceptors (Lipinski definition) is 1. The third-order valence-corrected chi connectivity index (χ3v) is 5.60. The molecule has 1 heteroatoms. The zero-order valence-electron chi connectivity index (χ0n) is 15.0. The molecule has 1 aliphatic rings. The number of unbranched alkanes of at least 4 members (excludes halogenated alkanes) is 1. The lowest BCUT2D eigenvalue weighted by Crippen LogP contribution is -2.13. The van der Waals surface area contributed by atoms with Crippen molar-refractivity contribution in [2.45, 2.75) is 50.9 Å². The van der Waals surface area contributed by atoms with Crippen molar-refractivity contribution in [3.8, 4) is 17.2 Å². The highest BCUT2D eigenvalue weighted by molar-refractivity contribution is 5.64. The van der Waals surface area contributed by atoms with Crippen LogP contribution >= 0.6 is 0 Å². The molecule has 2 aromatic carbocycles. The van der Waals surface area contributed by atoms with E-state index in [0.29, 0.717) is 5.56 Å². The van der Waals surface area contributed by atoms with Crippen molar-refractivity contribution in [1.29, 1.82) is 5.26 Å². The highest BCUT2D eigenvalue weighted by atomic mass is 14.3. The van der Waals surface area contributed by atoms with Crippen LogP contribution in [-0.2, 0) is 0 Å². The van der Waals surface area contributed by atoms with E-state index < -0.39 is 0 Å². The van der Waals surface area contributed by atoms with Crippen molar-refractivity contribution in [3.63, 3.8) is 0 Å². The van der Waals surface area contributed by atoms with Crippen LogP contribution in [-0.4, -0.2) is 0 Å². The molecule has 3 rings (SSSR count). The maximum absolute atomic E-state index is 8.90. The molecule has 1 fully saturated rings. The molecule has 0 bridgehead atoms. The van der Waals surface area contributed by atoms with Crippen LogP contribution in [0.5, 0.6) is 0 Å². The smallest absolute Gasteiger partial charge is 0.0991 e. The molecule has 1 saturated carbocycles. The van der Waals surface area contributed by atoms with Gasteiger partial charge in [-0.05, 0) is 79.2 Å². The third kappa shape index (κ3) is 4.60. The molecule has 0 aromatic heterocycles. The fourth-order valence-electron chi connectivity index (χ4n) is 4.02. The highest BCUT2D eigenvalue weighted by Gasteiger charge is 2.21. The fourth-order valence-corrected chi connectivity index (χ4v) is 4.02. The average molecular weight is 329 g/mol. The van der Waals surface area contributed by atoms with E-state index in [2.05, 4.69) is 36.9 Å². The summed E-state index contributed by atoms with van der Waals surface area (Å²) >= 11 is 0. The molecule has 0 aliphatic heterocycles. The van der Waals surface area contributed by atoms with Crippen LogP contribution in [0.15, 0.2) is 61.2 Å². The topological polar surface area (TPSA) is 23.8 Å². The van der Waals surface area contributed by atoms with Crippen LogP contribution in [0.1, 0.15) is 62.0 Å². The monoisotopic (exact) mass is 329 g/mol. The summed E-state index contributed by atoms with van der Waals surface area (Å²) in [5.74, 6) is 1.65. The Bertz CT molecular complexity index is 710. The van der Waals surface area contributed by atoms with Gasteiger partial charge in [-0.15, -0.1) is 6.58 Å². The van der Waals surface area contributed by atoms with Gasteiger partial charge in [0.05, 0.1) is 11.6 Å². The van der Waals surface area contributed by atoms with Crippen LogP contribution in [0.3, 0.4) is 0 Å². The van der Waals surface area contributed by atoms with E-state index in [0.717, 1.165) is 18.3 Å². The Balaban J connectivity index is 1.57. The van der Waals surface area contributed by atoms with Gasteiger partial charge < -0.3 is 0 Å². The SMILES string of the molecule is C=CCCC[C@H]1CC[C@H](c2ccc(-c3ccc(C#N)cc3)cc2)CC1. The molecule has 1 aliphatic carbocycles. The number of rotatable bonds is 6. The van der Waals surface area contributed by atoms with Crippen molar-refractivity contribution < 1.29 is 0 Å². The molecule has 0 heterocycles. The highest BCUT2D eigenvalue weighted by Crippen LogP contribution is 2.38. The van der Waals surface area contributed by atoms with Gasteiger partial charge in [-0.1, -0.05) is 48.9 Å². The predicted molar refractivity (Wildman–Crippen MR) is 105 cm³/mol. The lowest BCUT2D eigenvalue weighted by molar-refractivity contribution is 0.306. The average Bonchev–Trinajstić information content (AvgIpc) is 2.69. The summed E-state index contributed by atoms with van der Waals surface area (Å²) in [6.45, 7) is 3.82. The van der Waals surface area contributed by atoms with Crippen molar-refractivity contribution in [1.82, 2.24) is 0 Å². The molecular weight excluding hydrogens is 302 g/mol. The summed E-state index contributed by atoms with van der Waals surface area (Å²) in [7, 11) is 0. The first-order valence-corrected chi connectivity index (χ1v) is 9.51. The number of hydrogen-bond donors (Lipinski definition) is 0. The molecule has 0 spiro atoms. The van der Waals surface area contributed by atoms with Crippen molar-refractivity contribution >= 4 is 0 Å². The largest absolute Gasteiger partial charge is 0.192 e.